The molecule has 0 radical (unpaired) electrons. The van der Waals surface area contributed by atoms with Crippen molar-refractivity contribution < 1.29 is 19.0 Å². The van der Waals surface area contributed by atoms with Crippen LogP contribution in [0.4, 0.5) is 4.39 Å². The van der Waals surface area contributed by atoms with Gasteiger partial charge in [0.05, 0.1) is 18.2 Å². The van der Waals surface area contributed by atoms with Gasteiger partial charge in [0, 0.05) is 37.5 Å². The maximum absolute atomic E-state index is 14.3. The molecule has 1 N–H and O–H groups in total. The molecule has 2 aliphatic rings. The Balaban J connectivity index is 1.27. The van der Waals surface area contributed by atoms with Crippen LogP contribution in [0.1, 0.15) is 51.8 Å². The summed E-state index contributed by atoms with van der Waals surface area (Å²) >= 11 is 0. The molecule has 1 saturated heterocycles. The van der Waals surface area contributed by atoms with Crippen molar-refractivity contribution in [3.63, 3.8) is 0 Å². The third kappa shape index (κ3) is 4.23. The molecule has 2 heterocycles. The van der Waals surface area contributed by atoms with Gasteiger partial charge in [0.2, 0.25) is 0 Å². The van der Waals surface area contributed by atoms with Gasteiger partial charge >= 0.3 is 5.97 Å². The summed E-state index contributed by atoms with van der Waals surface area (Å²) in [4.78, 5) is 18.0. The fourth-order valence-electron chi connectivity index (χ4n) is 4.49. The highest BCUT2D eigenvalue weighted by Crippen LogP contribution is 2.45. The van der Waals surface area contributed by atoms with Crippen molar-refractivity contribution in [1.29, 1.82) is 0 Å². The summed E-state index contributed by atoms with van der Waals surface area (Å²) in [6.07, 6.45) is 5.67. The lowest BCUT2D eigenvalue weighted by Gasteiger charge is -2.44. The van der Waals surface area contributed by atoms with E-state index in [4.69, 9.17) is 4.74 Å². The predicted molar refractivity (Wildman–Crippen MR) is 118 cm³/mol. The summed E-state index contributed by atoms with van der Waals surface area (Å²) < 4.78 is 20.3. The van der Waals surface area contributed by atoms with Crippen molar-refractivity contribution in [2.24, 2.45) is 5.92 Å². The number of nitrogens with zero attached hydrogens (tertiary/aromatic N) is 2. The molecule has 3 aromatic rings. The van der Waals surface area contributed by atoms with E-state index in [0.717, 1.165) is 37.1 Å². The van der Waals surface area contributed by atoms with Crippen molar-refractivity contribution in [1.82, 2.24) is 9.88 Å². The standard InChI is InChI=1S/C26H25FN2O3/c27-23-12-24(21(18-8-9-18)11-22(23)26(30)31)32-16-17-14-29(15-17)25(19-5-2-1-3-6-19)20-7-4-10-28-13-20/h1-7,10-13,17-18,25H,8-9,14-16H2,(H,30,31). The van der Waals surface area contributed by atoms with Crippen LogP contribution in [0, 0.1) is 11.7 Å². The fourth-order valence-corrected chi connectivity index (χ4v) is 4.49. The molecule has 1 saturated carbocycles. The molecule has 1 aliphatic heterocycles. The number of rotatable bonds is 8. The zero-order valence-corrected chi connectivity index (χ0v) is 17.7. The van der Waals surface area contributed by atoms with Gasteiger partial charge in [-0.1, -0.05) is 36.4 Å². The summed E-state index contributed by atoms with van der Waals surface area (Å²) in [5.74, 6) is -0.900. The molecule has 1 aromatic heterocycles. The summed E-state index contributed by atoms with van der Waals surface area (Å²) in [5, 5.41) is 9.23. The van der Waals surface area contributed by atoms with Crippen molar-refractivity contribution in [3.8, 4) is 5.75 Å². The van der Waals surface area contributed by atoms with E-state index in [9.17, 15) is 14.3 Å². The summed E-state index contributed by atoms with van der Waals surface area (Å²) in [6.45, 7) is 2.21. The Morgan fingerprint density at radius 1 is 1.12 bits per heavy atom. The molecule has 0 bridgehead atoms. The maximum Gasteiger partial charge on any atom is 0.338 e. The number of hydrogen-bond acceptors (Lipinski definition) is 4. The van der Waals surface area contributed by atoms with Crippen LogP contribution in [-0.2, 0) is 0 Å². The SMILES string of the molecule is O=C(O)c1cc(C2CC2)c(OCC2CN(C(c3ccccc3)c3cccnc3)C2)cc1F. The number of carbonyl (C=O) groups is 1. The summed E-state index contributed by atoms with van der Waals surface area (Å²) in [5.41, 5.74) is 2.91. The minimum Gasteiger partial charge on any atom is -0.493 e. The molecule has 164 valence electrons. The molecule has 6 heteroatoms. The molecule has 2 aromatic carbocycles. The number of halogens is 1. The van der Waals surface area contributed by atoms with E-state index in [1.54, 1.807) is 6.20 Å². The smallest absolute Gasteiger partial charge is 0.338 e. The molecule has 0 spiro atoms. The molecule has 32 heavy (non-hydrogen) atoms. The highest BCUT2D eigenvalue weighted by atomic mass is 19.1. The second-order valence-corrected chi connectivity index (χ2v) is 8.68. The van der Waals surface area contributed by atoms with Crippen molar-refractivity contribution in [2.75, 3.05) is 19.7 Å². The van der Waals surface area contributed by atoms with Gasteiger partial charge in [0.1, 0.15) is 11.6 Å². The molecule has 0 amide bonds. The number of pyridine rings is 1. The van der Waals surface area contributed by atoms with Crippen LogP contribution in [0.15, 0.2) is 67.0 Å². The Morgan fingerprint density at radius 3 is 2.53 bits per heavy atom. The number of likely N-dealkylation sites (tertiary alicyclic amines) is 1. The lowest BCUT2D eigenvalue weighted by Crippen LogP contribution is -2.51. The molecule has 1 unspecified atom stereocenters. The Morgan fingerprint density at radius 2 is 1.88 bits per heavy atom. The van der Waals surface area contributed by atoms with Gasteiger partial charge < -0.3 is 9.84 Å². The van der Waals surface area contributed by atoms with Gasteiger partial charge in [0.15, 0.2) is 0 Å². The minimum atomic E-state index is -1.24. The van der Waals surface area contributed by atoms with Crippen LogP contribution in [0.3, 0.4) is 0 Å². The highest BCUT2D eigenvalue weighted by Gasteiger charge is 2.35. The number of benzene rings is 2. The molecular weight excluding hydrogens is 407 g/mol. The fraction of sp³-hybridized carbons (Fsp3) is 0.308. The Hall–Kier alpha value is -3.25. The molecule has 5 nitrogen and oxygen atoms in total. The zero-order chi connectivity index (χ0) is 22.1. The van der Waals surface area contributed by atoms with Crippen molar-refractivity contribution >= 4 is 5.97 Å². The third-order valence-corrected chi connectivity index (χ3v) is 6.29. The Kier molecular flexibility index (Phi) is 5.62. The van der Waals surface area contributed by atoms with Crippen LogP contribution in [0.25, 0.3) is 0 Å². The highest BCUT2D eigenvalue weighted by molar-refractivity contribution is 5.88. The Labute approximate surface area is 186 Å². The molecule has 2 fully saturated rings. The lowest BCUT2D eigenvalue weighted by molar-refractivity contribution is 0.0374. The summed E-state index contributed by atoms with van der Waals surface area (Å²) in [7, 11) is 0. The molecule has 1 aliphatic carbocycles. The maximum atomic E-state index is 14.3. The first-order valence-corrected chi connectivity index (χ1v) is 11.0. The lowest BCUT2D eigenvalue weighted by atomic mass is 9.91. The number of carboxylic acids is 1. The van der Waals surface area contributed by atoms with E-state index in [1.807, 2.05) is 30.5 Å². The third-order valence-electron chi connectivity index (χ3n) is 6.29. The minimum absolute atomic E-state index is 0.135. The topological polar surface area (TPSA) is 62.7 Å². The van der Waals surface area contributed by atoms with Crippen LogP contribution in [0.2, 0.25) is 0 Å². The van der Waals surface area contributed by atoms with Gasteiger partial charge in [0.25, 0.3) is 0 Å². The number of carboxylic acid groups (broad SMARTS) is 1. The van der Waals surface area contributed by atoms with Gasteiger partial charge in [-0.15, -0.1) is 0 Å². The second kappa shape index (κ2) is 8.71. The van der Waals surface area contributed by atoms with E-state index in [0.29, 0.717) is 18.3 Å². The molecule has 5 rings (SSSR count). The normalized spacial score (nSPS) is 17.5. The van der Waals surface area contributed by atoms with E-state index >= 15 is 0 Å². The first kappa shape index (κ1) is 20.6. The molecule has 1 atom stereocenters. The number of aromatic carboxylic acids is 1. The van der Waals surface area contributed by atoms with Gasteiger partial charge in [-0.2, -0.15) is 0 Å². The zero-order valence-electron chi connectivity index (χ0n) is 17.7. The van der Waals surface area contributed by atoms with E-state index < -0.39 is 11.8 Å². The molecular formula is C26H25FN2O3. The number of ether oxygens (including phenoxy) is 1. The van der Waals surface area contributed by atoms with E-state index in [-0.39, 0.29) is 17.5 Å². The van der Waals surface area contributed by atoms with Crippen LogP contribution in [0.5, 0.6) is 5.75 Å². The van der Waals surface area contributed by atoms with Gasteiger partial charge in [-0.3, -0.25) is 9.88 Å². The largest absolute Gasteiger partial charge is 0.493 e. The monoisotopic (exact) mass is 432 g/mol. The number of hydrogen-bond donors (Lipinski definition) is 1. The quantitative estimate of drug-likeness (QED) is 0.549. The predicted octanol–water partition coefficient (Wildman–Crippen LogP) is 4.90. The average molecular weight is 432 g/mol. The Bertz CT molecular complexity index is 1060. The first-order valence-electron chi connectivity index (χ1n) is 11.0. The average Bonchev–Trinajstić information content (AvgIpc) is 3.61. The van der Waals surface area contributed by atoms with Crippen LogP contribution >= 0.6 is 0 Å². The van der Waals surface area contributed by atoms with E-state index in [2.05, 4.69) is 28.1 Å². The first-order chi connectivity index (χ1) is 15.6. The van der Waals surface area contributed by atoms with Crippen molar-refractivity contribution in [2.45, 2.75) is 24.8 Å². The number of aromatic nitrogens is 1. The van der Waals surface area contributed by atoms with Crippen LogP contribution in [-0.4, -0.2) is 40.7 Å². The van der Waals surface area contributed by atoms with Crippen LogP contribution < -0.4 is 4.74 Å². The van der Waals surface area contributed by atoms with Gasteiger partial charge in [-0.05, 0) is 47.6 Å². The summed E-state index contributed by atoms with van der Waals surface area (Å²) in [6, 6.07) is 17.3. The van der Waals surface area contributed by atoms with Gasteiger partial charge in [-0.25, -0.2) is 9.18 Å². The van der Waals surface area contributed by atoms with Crippen molar-refractivity contribution in [3.05, 3.63) is 95.1 Å². The van der Waals surface area contributed by atoms with E-state index in [1.165, 1.54) is 17.7 Å². The second-order valence-electron chi connectivity index (χ2n) is 8.68.